The number of fused-ring (bicyclic) bond motifs is 1. The molecule has 1 aromatic heterocycles. The number of benzene rings is 2. The summed E-state index contributed by atoms with van der Waals surface area (Å²) in [6, 6.07) is 17.8. The van der Waals surface area contributed by atoms with Crippen molar-refractivity contribution in [2.75, 3.05) is 6.61 Å². The highest BCUT2D eigenvalue weighted by Gasteiger charge is 2.27. The van der Waals surface area contributed by atoms with Crippen LogP contribution in [-0.2, 0) is 12.8 Å². The molecule has 28 heavy (non-hydrogen) atoms. The second kappa shape index (κ2) is 7.89. The van der Waals surface area contributed by atoms with Crippen LogP contribution in [0.1, 0.15) is 53.6 Å². The van der Waals surface area contributed by atoms with Gasteiger partial charge >= 0.3 is 0 Å². The summed E-state index contributed by atoms with van der Waals surface area (Å²) in [7, 11) is 0. The van der Waals surface area contributed by atoms with Gasteiger partial charge in [-0.2, -0.15) is 5.10 Å². The number of para-hydroxylation sites is 1. The first-order chi connectivity index (χ1) is 13.7. The Hall–Kier alpha value is -3.08. The van der Waals surface area contributed by atoms with Crippen LogP contribution in [0, 0.1) is 0 Å². The third kappa shape index (κ3) is 3.52. The van der Waals surface area contributed by atoms with Crippen LogP contribution in [-0.4, -0.2) is 22.3 Å². The topological polar surface area (TPSA) is 56.1 Å². The molecule has 0 aliphatic heterocycles. The molecule has 5 heteroatoms. The number of carbonyl (C=O) groups excluding carboxylic acids is 1. The summed E-state index contributed by atoms with van der Waals surface area (Å²) in [6.45, 7) is 4.59. The fourth-order valence-corrected chi connectivity index (χ4v) is 3.77. The number of nitrogens with zero attached hydrogens (tertiary/aromatic N) is 2. The minimum Gasteiger partial charge on any atom is -0.494 e. The summed E-state index contributed by atoms with van der Waals surface area (Å²) in [5, 5.41) is 7.77. The molecule has 0 fully saturated rings. The van der Waals surface area contributed by atoms with Crippen molar-refractivity contribution in [2.24, 2.45) is 0 Å². The molecule has 1 atom stereocenters. The number of nitrogens with one attached hydrogen (secondary N) is 1. The number of carbonyl (C=O) groups is 1. The fourth-order valence-electron chi connectivity index (χ4n) is 3.77. The molecule has 1 aliphatic rings. The van der Waals surface area contributed by atoms with Gasteiger partial charge in [0.25, 0.3) is 5.91 Å². The normalized spacial score (nSPS) is 13.8. The van der Waals surface area contributed by atoms with Gasteiger partial charge in [-0.3, -0.25) is 4.79 Å². The zero-order valence-electron chi connectivity index (χ0n) is 16.3. The Morgan fingerprint density at radius 1 is 1.14 bits per heavy atom. The van der Waals surface area contributed by atoms with Crippen molar-refractivity contribution in [3.05, 3.63) is 77.1 Å². The molecule has 2 aromatic carbocycles. The molecule has 1 aliphatic carbocycles. The van der Waals surface area contributed by atoms with Crippen LogP contribution in [0.4, 0.5) is 0 Å². The van der Waals surface area contributed by atoms with Crippen molar-refractivity contribution in [2.45, 2.75) is 39.2 Å². The van der Waals surface area contributed by atoms with E-state index >= 15 is 0 Å². The van der Waals surface area contributed by atoms with Crippen LogP contribution in [0.2, 0.25) is 0 Å². The van der Waals surface area contributed by atoms with E-state index in [1.54, 1.807) is 0 Å². The van der Waals surface area contributed by atoms with Crippen molar-refractivity contribution in [1.29, 1.82) is 0 Å². The summed E-state index contributed by atoms with van der Waals surface area (Å²) in [4.78, 5) is 13.0. The van der Waals surface area contributed by atoms with E-state index in [1.807, 2.05) is 73.1 Å². The smallest absolute Gasteiger partial charge is 0.272 e. The Morgan fingerprint density at radius 2 is 1.89 bits per heavy atom. The van der Waals surface area contributed by atoms with Gasteiger partial charge in [-0.25, -0.2) is 4.68 Å². The number of ether oxygens (including phenoxy) is 1. The second-order valence-electron chi connectivity index (χ2n) is 7.07. The van der Waals surface area contributed by atoms with Crippen LogP contribution in [0.3, 0.4) is 0 Å². The van der Waals surface area contributed by atoms with Crippen molar-refractivity contribution >= 4 is 5.91 Å². The van der Waals surface area contributed by atoms with Gasteiger partial charge in [0, 0.05) is 11.3 Å². The minimum absolute atomic E-state index is 0.109. The van der Waals surface area contributed by atoms with Gasteiger partial charge in [-0.15, -0.1) is 0 Å². The maximum absolute atomic E-state index is 13.0. The number of rotatable bonds is 6. The number of hydrogen-bond acceptors (Lipinski definition) is 3. The summed E-state index contributed by atoms with van der Waals surface area (Å²) in [5.41, 5.74) is 4.83. The molecule has 5 nitrogen and oxygen atoms in total. The zero-order chi connectivity index (χ0) is 19.5. The third-order valence-electron chi connectivity index (χ3n) is 5.18. The van der Waals surface area contributed by atoms with Gasteiger partial charge in [0.2, 0.25) is 0 Å². The van der Waals surface area contributed by atoms with Crippen molar-refractivity contribution in [1.82, 2.24) is 15.1 Å². The van der Waals surface area contributed by atoms with E-state index in [2.05, 4.69) is 10.4 Å². The molecule has 0 bridgehead atoms. The number of hydrogen-bond donors (Lipinski definition) is 1. The van der Waals surface area contributed by atoms with E-state index in [-0.39, 0.29) is 11.9 Å². The molecule has 0 radical (unpaired) electrons. The third-order valence-corrected chi connectivity index (χ3v) is 5.18. The summed E-state index contributed by atoms with van der Waals surface area (Å²) in [6.07, 6.45) is 2.93. The van der Waals surface area contributed by atoms with E-state index < -0.39 is 0 Å². The lowest BCUT2D eigenvalue weighted by atomic mass is 10.1. The fraction of sp³-hybridized carbons (Fsp3) is 0.304. The summed E-state index contributed by atoms with van der Waals surface area (Å²) >= 11 is 0. The molecule has 0 spiro atoms. The van der Waals surface area contributed by atoms with Gasteiger partial charge in [-0.05, 0) is 62.9 Å². The molecule has 144 valence electrons. The van der Waals surface area contributed by atoms with Gasteiger partial charge in [0.1, 0.15) is 5.75 Å². The quantitative estimate of drug-likeness (QED) is 0.701. The SMILES string of the molecule is CCOc1ccc([C@@H](C)NC(=O)c2nn(-c3ccccc3)c3c2CCC3)cc1. The number of aromatic nitrogens is 2. The Kier molecular flexibility index (Phi) is 5.15. The molecular formula is C23H25N3O2. The largest absolute Gasteiger partial charge is 0.494 e. The Morgan fingerprint density at radius 3 is 2.61 bits per heavy atom. The van der Waals surface area contributed by atoms with E-state index in [4.69, 9.17) is 4.74 Å². The van der Waals surface area contributed by atoms with Gasteiger partial charge < -0.3 is 10.1 Å². The zero-order valence-corrected chi connectivity index (χ0v) is 16.3. The maximum atomic E-state index is 13.0. The van der Waals surface area contributed by atoms with Crippen molar-refractivity contribution in [3.63, 3.8) is 0 Å². The summed E-state index contributed by atoms with van der Waals surface area (Å²) < 4.78 is 7.42. The molecule has 0 saturated heterocycles. The number of amides is 1. The second-order valence-corrected chi connectivity index (χ2v) is 7.07. The monoisotopic (exact) mass is 375 g/mol. The molecule has 4 rings (SSSR count). The van der Waals surface area contributed by atoms with E-state index in [0.29, 0.717) is 12.3 Å². The molecule has 1 N–H and O–H groups in total. The average Bonchev–Trinajstić information content (AvgIpc) is 3.32. The molecule has 1 heterocycles. The van der Waals surface area contributed by atoms with Crippen LogP contribution < -0.4 is 10.1 Å². The Bertz CT molecular complexity index is 962. The van der Waals surface area contributed by atoms with Gasteiger partial charge in [0.15, 0.2) is 5.69 Å². The van der Waals surface area contributed by atoms with Crippen molar-refractivity contribution < 1.29 is 9.53 Å². The van der Waals surface area contributed by atoms with Crippen LogP contribution in [0.25, 0.3) is 5.69 Å². The standard InChI is InChI=1S/C23H25N3O2/c1-3-28-19-14-12-17(13-15-19)16(2)24-23(27)22-20-10-7-11-21(20)26(25-22)18-8-5-4-6-9-18/h4-6,8-9,12-16H,3,7,10-11H2,1-2H3,(H,24,27)/t16-/m1/s1. The van der Waals surface area contributed by atoms with Gasteiger partial charge in [-0.1, -0.05) is 30.3 Å². The minimum atomic E-state index is -0.116. The Balaban J connectivity index is 1.55. The highest BCUT2D eigenvalue weighted by atomic mass is 16.5. The van der Waals surface area contributed by atoms with Crippen LogP contribution >= 0.6 is 0 Å². The first kappa shape index (κ1) is 18.3. The van der Waals surface area contributed by atoms with Gasteiger partial charge in [0.05, 0.1) is 18.3 Å². The molecule has 3 aromatic rings. The lowest BCUT2D eigenvalue weighted by molar-refractivity contribution is 0.0933. The van der Waals surface area contributed by atoms with E-state index in [9.17, 15) is 4.79 Å². The Labute approximate surface area is 165 Å². The van der Waals surface area contributed by atoms with Crippen molar-refractivity contribution in [3.8, 4) is 11.4 Å². The lowest BCUT2D eigenvalue weighted by Crippen LogP contribution is -2.28. The van der Waals surface area contributed by atoms with E-state index in [1.165, 1.54) is 0 Å². The van der Waals surface area contributed by atoms with E-state index in [0.717, 1.165) is 47.5 Å². The predicted octanol–water partition coefficient (Wildman–Crippen LogP) is 4.25. The molecule has 0 unspecified atom stereocenters. The highest BCUT2D eigenvalue weighted by Crippen LogP contribution is 2.28. The predicted molar refractivity (Wildman–Crippen MR) is 109 cm³/mol. The summed E-state index contributed by atoms with van der Waals surface area (Å²) in [5.74, 6) is 0.721. The first-order valence-electron chi connectivity index (χ1n) is 9.87. The highest BCUT2D eigenvalue weighted by molar-refractivity contribution is 5.94. The average molecular weight is 375 g/mol. The maximum Gasteiger partial charge on any atom is 0.272 e. The van der Waals surface area contributed by atoms with Crippen LogP contribution in [0.5, 0.6) is 5.75 Å². The molecule has 0 saturated carbocycles. The lowest BCUT2D eigenvalue weighted by Gasteiger charge is -2.14. The molecule has 1 amide bonds. The van der Waals surface area contributed by atoms with Crippen LogP contribution in [0.15, 0.2) is 54.6 Å². The first-order valence-corrected chi connectivity index (χ1v) is 9.87. The molecular weight excluding hydrogens is 350 g/mol.